The van der Waals surface area contributed by atoms with Gasteiger partial charge in [0.05, 0.1) is 12.0 Å². The highest BCUT2D eigenvalue weighted by Gasteiger charge is 2.28. The first-order valence-corrected chi connectivity index (χ1v) is 9.33. The Balaban J connectivity index is 1.31. The highest BCUT2D eigenvalue weighted by Crippen LogP contribution is 2.28. The number of aryl methyl sites for hydroxylation is 1. The van der Waals surface area contributed by atoms with E-state index < -0.39 is 0 Å². The molecule has 5 nitrogen and oxygen atoms in total. The van der Waals surface area contributed by atoms with E-state index in [0.717, 1.165) is 41.5 Å². The summed E-state index contributed by atoms with van der Waals surface area (Å²) in [5.41, 5.74) is 1.99. The van der Waals surface area contributed by atoms with Crippen LogP contribution in [0.1, 0.15) is 30.2 Å². The molecule has 1 aliphatic rings. The van der Waals surface area contributed by atoms with Crippen LogP contribution >= 0.6 is 11.3 Å². The number of hydrogen-bond donors (Lipinski definition) is 0. The molecule has 0 saturated carbocycles. The molecule has 0 bridgehead atoms. The van der Waals surface area contributed by atoms with E-state index in [1.54, 1.807) is 23.8 Å². The lowest BCUT2D eigenvalue weighted by molar-refractivity contribution is -0.130. The molecule has 1 fully saturated rings. The van der Waals surface area contributed by atoms with Crippen LogP contribution in [0.15, 0.2) is 52.7 Å². The van der Waals surface area contributed by atoms with E-state index >= 15 is 0 Å². The molecule has 4 rings (SSSR count). The van der Waals surface area contributed by atoms with Gasteiger partial charge in [0, 0.05) is 48.8 Å². The number of rotatable bonds is 5. The zero-order chi connectivity index (χ0) is 17.1. The molecule has 0 spiro atoms. The second kappa shape index (κ2) is 7.19. The minimum absolute atomic E-state index is 0.199. The Kier molecular flexibility index (Phi) is 4.61. The standard InChI is InChI=1S/C19H19N3O2S/c23-18(22-9-7-15(12-22)17-4-2-10-24-17)6-5-16-13-25-19(21-16)14-3-1-8-20-11-14/h1-4,8,10-11,13,15H,5-7,9,12H2. The number of furan rings is 1. The van der Waals surface area contributed by atoms with Crippen LogP contribution in [-0.4, -0.2) is 33.9 Å². The van der Waals surface area contributed by atoms with Crippen molar-refractivity contribution in [3.63, 3.8) is 0 Å². The Morgan fingerprint density at radius 1 is 1.36 bits per heavy atom. The Labute approximate surface area is 150 Å². The molecule has 0 aromatic carbocycles. The van der Waals surface area contributed by atoms with Gasteiger partial charge in [-0.15, -0.1) is 11.3 Å². The Morgan fingerprint density at radius 2 is 2.32 bits per heavy atom. The molecular formula is C19H19N3O2S. The number of thiazole rings is 1. The number of amides is 1. The summed E-state index contributed by atoms with van der Waals surface area (Å²) in [5.74, 6) is 1.51. The molecule has 6 heteroatoms. The number of aromatic nitrogens is 2. The second-order valence-electron chi connectivity index (χ2n) is 6.23. The van der Waals surface area contributed by atoms with E-state index in [-0.39, 0.29) is 5.91 Å². The largest absolute Gasteiger partial charge is 0.469 e. The number of nitrogens with zero attached hydrogens (tertiary/aromatic N) is 3. The van der Waals surface area contributed by atoms with Crippen molar-refractivity contribution in [2.24, 2.45) is 0 Å². The number of carbonyl (C=O) groups excluding carboxylic acids is 1. The Hall–Kier alpha value is -2.47. The van der Waals surface area contributed by atoms with Crippen LogP contribution in [0, 0.1) is 0 Å². The molecule has 3 aromatic heterocycles. The fourth-order valence-electron chi connectivity index (χ4n) is 3.18. The molecule has 1 aliphatic heterocycles. The molecule has 1 atom stereocenters. The smallest absolute Gasteiger partial charge is 0.222 e. The molecular weight excluding hydrogens is 334 g/mol. The fraction of sp³-hybridized carbons (Fsp3) is 0.316. The van der Waals surface area contributed by atoms with Crippen LogP contribution < -0.4 is 0 Å². The van der Waals surface area contributed by atoms with E-state index in [1.165, 1.54) is 0 Å². The molecule has 25 heavy (non-hydrogen) atoms. The normalized spacial score (nSPS) is 17.1. The third-order valence-corrected chi connectivity index (χ3v) is 5.48. The summed E-state index contributed by atoms with van der Waals surface area (Å²) in [7, 11) is 0. The van der Waals surface area contributed by atoms with E-state index in [0.29, 0.717) is 18.8 Å². The lowest BCUT2D eigenvalue weighted by Crippen LogP contribution is -2.28. The summed E-state index contributed by atoms with van der Waals surface area (Å²) >= 11 is 1.60. The molecule has 0 aliphatic carbocycles. The van der Waals surface area contributed by atoms with Crippen molar-refractivity contribution >= 4 is 17.2 Å². The average Bonchev–Trinajstić information content (AvgIpc) is 3.41. The van der Waals surface area contributed by atoms with Gasteiger partial charge in [-0.2, -0.15) is 0 Å². The maximum atomic E-state index is 12.5. The van der Waals surface area contributed by atoms with Gasteiger partial charge in [0.1, 0.15) is 10.8 Å². The third kappa shape index (κ3) is 3.64. The molecule has 0 radical (unpaired) electrons. The monoisotopic (exact) mass is 353 g/mol. The lowest BCUT2D eigenvalue weighted by atomic mass is 10.1. The van der Waals surface area contributed by atoms with Crippen LogP contribution in [0.25, 0.3) is 10.6 Å². The van der Waals surface area contributed by atoms with Gasteiger partial charge in [-0.25, -0.2) is 4.98 Å². The maximum Gasteiger partial charge on any atom is 0.222 e. The SMILES string of the molecule is O=C(CCc1csc(-c2cccnc2)n1)N1CCC(c2ccco2)C1. The van der Waals surface area contributed by atoms with Crippen molar-refractivity contribution in [1.29, 1.82) is 0 Å². The maximum absolute atomic E-state index is 12.5. The number of hydrogen-bond acceptors (Lipinski definition) is 5. The highest BCUT2D eigenvalue weighted by atomic mass is 32.1. The molecule has 1 unspecified atom stereocenters. The fourth-order valence-corrected chi connectivity index (χ4v) is 4.02. The zero-order valence-electron chi connectivity index (χ0n) is 13.8. The van der Waals surface area contributed by atoms with Gasteiger partial charge in [0.2, 0.25) is 5.91 Å². The predicted molar refractivity (Wildman–Crippen MR) is 96.3 cm³/mol. The highest BCUT2D eigenvalue weighted by molar-refractivity contribution is 7.13. The summed E-state index contributed by atoms with van der Waals surface area (Å²) in [6, 6.07) is 7.80. The van der Waals surface area contributed by atoms with E-state index in [2.05, 4.69) is 9.97 Å². The second-order valence-corrected chi connectivity index (χ2v) is 7.08. The van der Waals surface area contributed by atoms with Crippen molar-refractivity contribution in [2.75, 3.05) is 13.1 Å². The molecule has 3 aromatic rings. The van der Waals surface area contributed by atoms with Gasteiger partial charge in [-0.3, -0.25) is 9.78 Å². The summed E-state index contributed by atoms with van der Waals surface area (Å²) in [6.07, 6.45) is 7.41. The van der Waals surface area contributed by atoms with Gasteiger partial charge < -0.3 is 9.32 Å². The van der Waals surface area contributed by atoms with Crippen LogP contribution in [-0.2, 0) is 11.2 Å². The van der Waals surface area contributed by atoms with Crippen molar-refractivity contribution < 1.29 is 9.21 Å². The molecule has 128 valence electrons. The van der Waals surface area contributed by atoms with Crippen molar-refractivity contribution in [2.45, 2.75) is 25.2 Å². The van der Waals surface area contributed by atoms with Gasteiger partial charge in [0.25, 0.3) is 0 Å². The molecule has 1 saturated heterocycles. The summed E-state index contributed by atoms with van der Waals surface area (Å²) in [4.78, 5) is 23.2. The summed E-state index contributed by atoms with van der Waals surface area (Å²) < 4.78 is 5.47. The van der Waals surface area contributed by atoms with Gasteiger partial charge in [-0.1, -0.05) is 0 Å². The number of likely N-dealkylation sites (tertiary alicyclic amines) is 1. The van der Waals surface area contributed by atoms with Gasteiger partial charge in [-0.05, 0) is 37.1 Å². The minimum atomic E-state index is 0.199. The van der Waals surface area contributed by atoms with Crippen LogP contribution in [0.5, 0.6) is 0 Å². The minimum Gasteiger partial charge on any atom is -0.469 e. The topological polar surface area (TPSA) is 59.2 Å². The van der Waals surface area contributed by atoms with Crippen LogP contribution in [0.4, 0.5) is 0 Å². The van der Waals surface area contributed by atoms with Crippen molar-refractivity contribution in [1.82, 2.24) is 14.9 Å². The van der Waals surface area contributed by atoms with E-state index in [1.807, 2.05) is 40.7 Å². The lowest BCUT2D eigenvalue weighted by Gasteiger charge is -2.15. The summed E-state index contributed by atoms with van der Waals surface area (Å²) in [6.45, 7) is 1.56. The summed E-state index contributed by atoms with van der Waals surface area (Å²) in [5, 5.41) is 2.99. The Bertz CT molecular complexity index is 829. The number of carbonyl (C=O) groups is 1. The van der Waals surface area contributed by atoms with E-state index in [9.17, 15) is 4.79 Å². The van der Waals surface area contributed by atoms with E-state index in [4.69, 9.17) is 4.42 Å². The van der Waals surface area contributed by atoms with Gasteiger partial charge in [0.15, 0.2) is 0 Å². The first-order valence-electron chi connectivity index (χ1n) is 8.45. The van der Waals surface area contributed by atoms with Crippen molar-refractivity contribution in [3.05, 3.63) is 59.8 Å². The molecule has 4 heterocycles. The number of pyridine rings is 1. The van der Waals surface area contributed by atoms with Crippen molar-refractivity contribution in [3.8, 4) is 10.6 Å². The first kappa shape index (κ1) is 16.0. The third-order valence-electron chi connectivity index (χ3n) is 4.54. The Morgan fingerprint density at radius 3 is 3.12 bits per heavy atom. The molecule has 1 amide bonds. The predicted octanol–water partition coefficient (Wildman–Crippen LogP) is 3.75. The zero-order valence-corrected chi connectivity index (χ0v) is 14.6. The average molecular weight is 353 g/mol. The van der Waals surface area contributed by atoms with Gasteiger partial charge >= 0.3 is 0 Å². The van der Waals surface area contributed by atoms with Crippen LogP contribution in [0.3, 0.4) is 0 Å². The molecule has 0 N–H and O–H groups in total. The first-order chi connectivity index (χ1) is 12.3. The van der Waals surface area contributed by atoms with Crippen LogP contribution in [0.2, 0.25) is 0 Å². The quantitative estimate of drug-likeness (QED) is 0.701.